The van der Waals surface area contributed by atoms with E-state index in [-0.39, 0.29) is 6.10 Å². The van der Waals surface area contributed by atoms with E-state index in [0.29, 0.717) is 17.1 Å². The van der Waals surface area contributed by atoms with Gasteiger partial charge in [0.15, 0.2) is 5.82 Å². The second-order valence-corrected chi connectivity index (χ2v) is 6.84. The van der Waals surface area contributed by atoms with E-state index in [1.165, 1.54) is 6.42 Å². The van der Waals surface area contributed by atoms with E-state index < -0.39 is 0 Å². The minimum atomic E-state index is -0.195. The molecular weight excluding hydrogens is 248 g/mol. The van der Waals surface area contributed by atoms with Crippen molar-refractivity contribution in [2.45, 2.75) is 63.1 Å². The summed E-state index contributed by atoms with van der Waals surface area (Å²) in [5.41, 5.74) is 0. The molecule has 0 aromatic carbocycles. The van der Waals surface area contributed by atoms with Crippen LogP contribution in [0.5, 0.6) is 0 Å². The highest BCUT2D eigenvalue weighted by atomic mass is 32.2. The Morgan fingerprint density at radius 2 is 2.17 bits per heavy atom. The van der Waals surface area contributed by atoms with E-state index in [4.69, 9.17) is 4.52 Å². The van der Waals surface area contributed by atoms with Crippen LogP contribution in [0.2, 0.25) is 0 Å². The molecule has 4 nitrogen and oxygen atoms in total. The summed E-state index contributed by atoms with van der Waals surface area (Å²) in [6.07, 6.45) is 4.85. The Bertz CT molecular complexity index is 368. The van der Waals surface area contributed by atoms with Crippen LogP contribution < -0.4 is 0 Å². The van der Waals surface area contributed by atoms with Crippen molar-refractivity contribution in [3.63, 3.8) is 0 Å². The van der Waals surface area contributed by atoms with Gasteiger partial charge in [-0.3, -0.25) is 0 Å². The Morgan fingerprint density at radius 1 is 1.39 bits per heavy atom. The molecule has 5 heteroatoms. The molecule has 1 N–H and O–H groups in total. The molecule has 1 aliphatic carbocycles. The first-order valence-electron chi connectivity index (χ1n) is 6.76. The summed E-state index contributed by atoms with van der Waals surface area (Å²) < 4.78 is 5.26. The molecule has 0 radical (unpaired) electrons. The van der Waals surface area contributed by atoms with Crippen LogP contribution in [-0.2, 0) is 12.2 Å². The molecule has 2 rings (SSSR count). The number of nitrogens with zero attached hydrogens (tertiary/aromatic N) is 2. The van der Waals surface area contributed by atoms with Crippen molar-refractivity contribution in [3.05, 3.63) is 11.7 Å². The maximum atomic E-state index is 9.92. The molecule has 0 amide bonds. The third-order valence-electron chi connectivity index (χ3n) is 3.36. The average Bonchev–Trinajstić information content (AvgIpc) is 2.77. The van der Waals surface area contributed by atoms with Crippen molar-refractivity contribution in [2.75, 3.05) is 0 Å². The third-order valence-corrected chi connectivity index (χ3v) is 4.45. The van der Waals surface area contributed by atoms with Crippen LogP contribution in [0.4, 0.5) is 0 Å². The first-order valence-corrected chi connectivity index (χ1v) is 7.81. The Hall–Kier alpha value is -0.550. The molecule has 0 bridgehead atoms. The van der Waals surface area contributed by atoms with Gasteiger partial charge in [-0.1, -0.05) is 31.8 Å². The molecule has 1 aromatic heterocycles. The third kappa shape index (κ3) is 3.99. The number of aliphatic hydroxyl groups excluding tert-OH is 1. The highest BCUT2D eigenvalue weighted by molar-refractivity contribution is 7.99. The molecule has 18 heavy (non-hydrogen) atoms. The van der Waals surface area contributed by atoms with E-state index in [0.717, 1.165) is 37.3 Å². The lowest BCUT2D eigenvalue weighted by Gasteiger charge is -2.26. The molecule has 0 spiro atoms. The van der Waals surface area contributed by atoms with E-state index >= 15 is 0 Å². The smallest absolute Gasteiger partial charge is 0.227 e. The second-order valence-electron chi connectivity index (χ2n) is 5.28. The van der Waals surface area contributed by atoms with Crippen LogP contribution >= 0.6 is 11.8 Å². The lowest BCUT2D eigenvalue weighted by atomic mass is 9.84. The number of hydrogen-bond acceptors (Lipinski definition) is 5. The number of rotatable bonds is 5. The lowest BCUT2D eigenvalue weighted by Crippen LogP contribution is -2.26. The van der Waals surface area contributed by atoms with Gasteiger partial charge in [0.05, 0.1) is 11.9 Å². The summed E-state index contributed by atoms with van der Waals surface area (Å²) in [5, 5.41) is 14.5. The summed E-state index contributed by atoms with van der Waals surface area (Å²) in [6.45, 7) is 4.31. The summed E-state index contributed by atoms with van der Waals surface area (Å²) in [4.78, 5) is 4.40. The van der Waals surface area contributed by atoms with Gasteiger partial charge in [-0.05, 0) is 24.0 Å². The Morgan fingerprint density at radius 3 is 2.89 bits per heavy atom. The van der Waals surface area contributed by atoms with Gasteiger partial charge in [0.25, 0.3) is 0 Å². The van der Waals surface area contributed by atoms with Gasteiger partial charge in [-0.2, -0.15) is 16.7 Å². The highest BCUT2D eigenvalue weighted by Gasteiger charge is 2.25. The van der Waals surface area contributed by atoms with Crippen molar-refractivity contribution in [3.8, 4) is 0 Å². The maximum absolute atomic E-state index is 9.92. The zero-order chi connectivity index (χ0) is 13.0. The quantitative estimate of drug-likeness (QED) is 0.891. The zero-order valence-electron chi connectivity index (χ0n) is 11.1. The van der Waals surface area contributed by atoms with Gasteiger partial charge in [-0.15, -0.1) is 0 Å². The highest BCUT2D eigenvalue weighted by Crippen LogP contribution is 2.27. The fourth-order valence-electron chi connectivity index (χ4n) is 2.32. The number of aliphatic hydroxyl groups is 1. The Kier molecular flexibility index (Phi) is 5.06. The van der Waals surface area contributed by atoms with Crippen LogP contribution in [0, 0.1) is 5.92 Å². The van der Waals surface area contributed by atoms with Crippen molar-refractivity contribution in [1.82, 2.24) is 10.1 Å². The maximum Gasteiger partial charge on any atom is 0.227 e. The van der Waals surface area contributed by atoms with Gasteiger partial charge >= 0.3 is 0 Å². The molecule has 102 valence electrons. The van der Waals surface area contributed by atoms with Crippen LogP contribution in [0.1, 0.15) is 51.2 Å². The van der Waals surface area contributed by atoms with E-state index in [2.05, 4.69) is 24.0 Å². The molecule has 1 fully saturated rings. The number of aromatic nitrogens is 2. The summed E-state index contributed by atoms with van der Waals surface area (Å²) in [7, 11) is 0. The van der Waals surface area contributed by atoms with Crippen LogP contribution in [0.3, 0.4) is 0 Å². The van der Waals surface area contributed by atoms with Crippen LogP contribution in [-0.4, -0.2) is 26.6 Å². The number of hydrogen-bond donors (Lipinski definition) is 1. The molecule has 0 saturated heterocycles. The van der Waals surface area contributed by atoms with Gasteiger partial charge in [0.1, 0.15) is 0 Å². The van der Waals surface area contributed by atoms with Crippen molar-refractivity contribution in [2.24, 2.45) is 5.92 Å². The van der Waals surface area contributed by atoms with Gasteiger partial charge in [-0.25, -0.2) is 0 Å². The molecule has 0 aliphatic heterocycles. The van der Waals surface area contributed by atoms with Crippen LogP contribution in [0.25, 0.3) is 0 Å². The van der Waals surface area contributed by atoms with E-state index in [9.17, 15) is 5.11 Å². The fourth-order valence-corrected chi connectivity index (χ4v) is 2.92. The topological polar surface area (TPSA) is 59.2 Å². The standard InChI is InChI=1S/C13H22N2O2S/c1-9(2)18-8-12-14-13(17-15-12)7-10-5-3-4-6-11(10)16/h9-11,16H,3-8H2,1-2H3. The van der Waals surface area contributed by atoms with Crippen LogP contribution in [0.15, 0.2) is 4.52 Å². The molecule has 2 unspecified atom stereocenters. The molecule has 2 atom stereocenters. The van der Waals surface area contributed by atoms with E-state index in [1.54, 1.807) is 0 Å². The Balaban J connectivity index is 1.85. The van der Waals surface area contributed by atoms with Crippen molar-refractivity contribution >= 4 is 11.8 Å². The van der Waals surface area contributed by atoms with Crippen molar-refractivity contribution in [1.29, 1.82) is 0 Å². The lowest BCUT2D eigenvalue weighted by molar-refractivity contribution is 0.0657. The predicted octanol–water partition coefficient (Wildman–Crippen LogP) is 2.80. The minimum absolute atomic E-state index is 0.195. The summed E-state index contributed by atoms with van der Waals surface area (Å²) in [5.74, 6) is 2.55. The monoisotopic (exact) mass is 270 g/mol. The Labute approximate surface area is 113 Å². The molecule has 1 heterocycles. The van der Waals surface area contributed by atoms with Gasteiger partial charge in [0, 0.05) is 6.42 Å². The molecule has 1 saturated carbocycles. The molecule has 1 aliphatic rings. The largest absolute Gasteiger partial charge is 0.393 e. The molecular formula is C13H22N2O2S. The normalized spacial score (nSPS) is 24.7. The second kappa shape index (κ2) is 6.57. The summed E-state index contributed by atoms with van der Waals surface area (Å²) >= 11 is 1.81. The zero-order valence-corrected chi connectivity index (χ0v) is 11.9. The summed E-state index contributed by atoms with van der Waals surface area (Å²) in [6, 6.07) is 0. The van der Waals surface area contributed by atoms with Gasteiger partial charge < -0.3 is 9.63 Å². The van der Waals surface area contributed by atoms with Crippen molar-refractivity contribution < 1.29 is 9.63 Å². The minimum Gasteiger partial charge on any atom is -0.393 e. The average molecular weight is 270 g/mol. The van der Waals surface area contributed by atoms with E-state index in [1.807, 2.05) is 11.8 Å². The van der Waals surface area contributed by atoms with Gasteiger partial charge in [0.2, 0.25) is 5.89 Å². The predicted molar refractivity (Wildman–Crippen MR) is 72.4 cm³/mol. The fraction of sp³-hybridized carbons (Fsp3) is 0.846. The first-order chi connectivity index (χ1) is 8.65. The number of thioether (sulfide) groups is 1. The molecule has 1 aromatic rings. The SMILES string of the molecule is CC(C)SCc1noc(CC2CCCCC2O)n1. The first kappa shape index (κ1) is 13.9.